The van der Waals surface area contributed by atoms with Crippen molar-refractivity contribution in [3.05, 3.63) is 0 Å². The molecule has 0 aromatic rings. The summed E-state index contributed by atoms with van der Waals surface area (Å²) in [6.07, 6.45) is 0.245. The van der Waals surface area contributed by atoms with Gasteiger partial charge in [-0.05, 0) is 18.9 Å². The Labute approximate surface area is 93.6 Å². The Morgan fingerprint density at radius 2 is 2.44 bits per heavy atom. The summed E-state index contributed by atoms with van der Waals surface area (Å²) >= 11 is 0. The van der Waals surface area contributed by atoms with Crippen molar-refractivity contribution in [1.82, 2.24) is 10.2 Å². The minimum atomic E-state index is -0.790. The summed E-state index contributed by atoms with van der Waals surface area (Å²) in [6.45, 7) is 3.67. The van der Waals surface area contributed by atoms with Crippen molar-refractivity contribution >= 4 is 12.1 Å². The number of ether oxygens (including phenoxy) is 1. The summed E-state index contributed by atoms with van der Waals surface area (Å²) in [7, 11) is 0. The number of hydrogen-bond acceptors (Lipinski definition) is 4. The first-order valence-corrected chi connectivity index (χ1v) is 5.49. The Hall–Kier alpha value is -1.30. The largest absolute Gasteiger partial charge is 0.480 e. The minimum Gasteiger partial charge on any atom is -0.480 e. The first kappa shape index (κ1) is 11.2. The van der Waals surface area contributed by atoms with Crippen LogP contribution in [0.15, 0.2) is 0 Å². The maximum atomic E-state index is 11.1. The topological polar surface area (TPSA) is 78.9 Å². The van der Waals surface area contributed by atoms with Gasteiger partial charge in [0.05, 0.1) is 6.54 Å². The number of carbonyl (C=O) groups excluding carboxylic acids is 1. The number of carbonyl (C=O) groups is 2. The van der Waals surface area contributed by atoms with Crippen molar-refractivity contribution in [1.29, 1.82) is 0 Å². The Balaban J connectivity index is 1.94. The van der Waals surface area contributed by atoms with Gasteiger partial charge < -0.3 is 15.2 Å². The zero-order chi connectivity index (χ0) is 11.7. The van der Waals surface area contributed by atoms with E-state index in [0.717, 1.165) is 13.0 Å². The first-order valence-electron chi connectivity index (χ1n) is 5.49. The fraction of sp³-hybridized carbons (Fsp3) is 0.800. The lowest BCUT2D eigenvalue weighted by atomic mass is 10.0. The van der Waals surface area contributed by atoms with Crippen LogP contribution in [0.4, 0.5) is 4.79 Å². The summed E-state index contributed by atoms with van der Waals surface area (Å²) in [5, 5.41) is 11.7. The van der Waals surface area contributed by atoms with E-state index in [1.807, 2.05) is 11.8 Å². The molecule has 2 rings (SSSR count). The molecule has 0 bridgehead atoms. The summed E-state index contributed by atoms with van der Waals surface area (Å²) in [5.74, 6) is -0.634. The Morgan fingerprint density at radius 3 is 3.00 bits per heavy atom. The third-order valence-electron chi connectivity index (χ3n) is 3.24. The second kappa shape index (κ2) is 4.29. The van der Waals surface area contributed by atoms with Gasteiger partial charge in [-0.25, -0.2) is 4.79 Å². The molecule has 2 N–H and O–H groups in total. The number of cyclic esters (lactones) is 1. The lowest BCUT2D eigenvalue weighted by Gasteiger charge is -2.24. The van der Waals surface area contributed by atoms with Crippen LogP contribution in [0, 0.1) is 5.92 Å². The maximum Gasteiger partial charge on any atom is 0.407 e. The second-order valence-corrected chi connectivity index (χ2v) is 4.45. The van der Waals surface area contributed by atoms with Gasteiger partial charge in [0.15, 0.2) is 0 Å². The minimum absolute atomic E-state index is 0.155. The number of amides is 1. The van der Waals surface area contributed by atoms with Gasteiger partial charge in [-0.3, -0.25) is 9.69 Å². The lowest BCUT2D eigenvalue weighted by Crippen LogP contribution is -2.43. The van der Waals surface area contributed by atoms with E-state index < -0.39 is 18.1 Å². The van der Waals surface area contributed by atoms with Gasteiger partial charge in [-0.1, -0.05) is 6.92 Å². The smallest absolute Gasteiger partial charge is 0.407 e. The fourth-order valence-corrected chi connectivity index (χ4v) is 2.43. The Morgan fingerprint density at radius 1 is 1.69 bits per heavy atom. The van der Waals surface area contributed by atoms with Crippen LogP contribution in [0.1, 0.15) is 13.3 Å². The van der Waals surface area contributed by atoms with Gasteiger partial charge >= 0.3 is 12.1 Å². The van der Waals surface area contributed by atoms with Crippen LogP contribution in [-0.4, -0.2) is 53.8 Å². The highest BCUT2D eigenvalue weighted by Crippen LogP contribution is 2.24. The summed E-state index contributed by atoms with van der Waals surface area (Å²) in [6, 6.07) is -0.445. The third kappa shape index (κ3) is 2.11. The Bertz CT molecular complexity index is 307. The van der Waals surface area contributed by atoms with Crippen LogP contribution in [0.25, 0.3) is 0 Å². The van der Waals surface area contributed by atoms with E-state index in [0.29, 0.717) is 13.1 Å². The van der Waals surface area contributed by atoms with Gasteiger partial charge in [0, 0.05) is 6.54 Å². The van der Waals surface area contributed by atoms with Crippen molar-refractivity contribution in [2.45, 2.75) is 25.5 Å². The van der Waals surface area contributed by atoms with Crippen molar-refractivity contribution < 1.29 is 19.4 Å². The van der Waals surface area contributed by atoms with Crippen LogP contribution in [0.2, 0.25) is 0 Å². The molecule has 1 amide bonds. The van der Waals surface area contributed by atoms with E-state index in [1.54, 1.807) is 0 Å². The van der Waals surface area contributed by atoms with Crippen LogP contribution < -0.4 is 5.32 Å². The highest BCUT2D eigenvalue weighted by Gasteiger charge is 2.38. The van der Waals surface area contributed by atoms with Crippen molar-refractivity contribution in [2.75, 3.05) is 19.6 Å². The molecule has 2 heterocycles. The molecular weight excluding hydrogens is 212 g/mol. The monoisotopic (exact) mass is 228 g/mol. The van der Waals surface area contributed by atoms with Crippen molar-refractivity contribution in [3.63, 3.8) is 0 Å². The van der Waals surface area contributed by atoms with E-state index >= 15 is 0 Å². The highest BCUT2D eigenvalue weighted by atomic mass is 16.6. The van der Waals surface area contributed by atoms with E-state index in [9.17, 15) is 9.59 Å². The second-order valence-electron chi connectivity index (χ2n) is 4.45. The normalized spacial score (nSPS) is 34.8. The van der Waals surface area contributed by atoms with Crippen LogP contribution in [0.5, 0.6) is 0 Å². The molecule has 0 aromatic heterocycles. The molecule has 0 radical (unpaired) electrons. The van der Waals surface area contributed by atoms with Crippen LogP contribution in [0.3, 0.4) is 0 Å². The highest BCUT2D eigenvalue weighted by molar-refractivity contribution is 5.74. The van der Waals surface area contributed by atoms with Crippen LogP contribution >= 0.6 is 0 Å². The number of aliphatic carboxylic acids is 1. The molecule has 6 nitrogen and oxygen atoms in total. The summed E-state index contributed by atoms with van der Waals surface area (Å²) in [5.41, 5.74) is 0. The molecule has 90 valence electrons. The SMILES string of the molecule is CC1CCN(CC2CNC(=O)O2)C1C(=O)O. The summed E-state index contributed by atoms with van der Waals surface area (Å²) < 4.78 is 5.00. The number of alkyl carbamates (subject to hydrolysis) is 1. The maximum absolute atomic E-state index is 11.1. The number of carboxylic acids is 1. The zero-order valence-corrected chi connectivity index (χ0v) is 9.18. The number of carboxylic acid groups (broad SMARTS) is 1. The molecular formula is C10H16N2O4. The van der Waals surface area contributed by atoms with Gasteiger partial charge in [-0.15, -0.1) is 0 Å². The number of nitrogens with one attached hydrogen (secondary N) is 1. The quantitative estimate of drug-likeness (QED) is 0.704. The predicted molar refractivity (Wildman–Crippen MR) is 55.0 cm³/mol. The van der Waals surface area contributed by atoms with Gasteiger partial charge in [0.2, 0.25) is 0 Å². The predicted octanol–water partition coefficient (Wildman–Crippen LogP) is -0.110. The van der Waals surface area contributed by atoms with E-state index in [-0.39, 0.29) is 12.0 Å². The number of rotatable bonds is 3. The van der Waals surface area contributed by atoms with Gasteiger partial charge in [-0.2, -0.15) is 0 Å². The number of hydrogen-bond donors (Lipinski definition) is 2. The molecule has 0 aliphatic carbocycles. The molecule has 0 aromatic carbocycles. The fourth-order valence-electron chi connectivity index (χ4n) is 2.43. The molecule has 2 saturated heterocycles. The molecule has 0 saturated carbocycles. The standard InChI is InChI=1S/C10H16N2O4/c1-6-2-3-12(8(6)9(13)14)5-7-4-11-10(15)16-7/h6-8H,2-5H2,1H3,(H,11,15)(H,13,14). The lowest BCUT2D eigenvalue weighted by molar-refractivity contribution is -0.143. The van der Waals surface area contributed by atoms with Crippen LogP contribution in [-0.2, 0) is 9.53 Å². The Kier molecular flexibility index (Phi) is 3.00. The number of likely N-dealkylation sites (tertiary alicyclic amines) is 1. The van der Waals surface area contributed by atoms with Gasteiger partial charge in [0.1, 0.15) is 12.1 Å². The molecule has 0 spiro atoms. The molecule has 16 heavy (non-hydrogen) atoms. The molecule has 3 atom stereocenters. The number of nitrogens with zero attached hydrogens (tertiary/aromatic N) is 1. The van der Waals surface area contributed by atoms with E-state index in [1.165, 1.54) is 0 Å². The third-order valence-corrected chi connectivity index (χ3v) is 3.24. The molecule has 2 fully saturated rings. The van der Waals surface area contributed by atoms with E-state index in [2.05, 4.69) is 5.32 Å². The van der Waals surface area contributed by atoms with Crippen molar-refractivity contribution in [3.8, 4) is 0 Å². The first-order chi connectivity index (χ1) is 7.58. The molecule has 2 aliphatic rings. The molecule has 2 aliphatic heterocycles. The van der Waals surface area contributed by atoms with Gasteiger partial charge in [0.25, 0.3) is 0 Å². The molecule has 3 unspecified atom stereocenters. The van der Waals surface area contributed by atoms with E-state index in [4.69, 9.17) is 9.84 Å². The summed E-state index contributed by atoms with van der Waals surface area (Å²) in [4.78, 5) is 23.8. The molecule has 6 heteroatoms. The van der Waals surface area contributed by atoms with Crippen molar-refractivity contribution in [2.24, 2.45) is 5.92 Å². The average molecular weight is 228 g/mol. The average Bonchev–Trinajstić information content (AvgIpc) is 2.74. The zero-order valence-electron chi connectivity index (χ0n) is 9.18.